The minimum atomic E-state index is -0.0801. The van der Waals surface area contributed by atoms with Gasteiger partial charge in [-0.15, -0.1) is 12.4 Å². The zero-order valence-corrected chi connectivity index (χ0v) is 12.4. The van der Waals surface area contributed by atoms with Crippen molar-refractivity contribution < 1.29 is 9.59 Å². The lowest BCUT2D eigenvalue weighted by atomic mass is 9.84. The van der Waals surface area contributed by atoms with E-state index < -0.39 is 0 Å². The van der Waals surface area contributed by atoms with Gasteiger partial charge in [-0.3, -0.25) is 9.59 Å². The number of hydrogen-bond donors (Lipinski definition) is 2. The lowest BCUT2D eigenvalue weighted by Gasteiger charge is -2.27. The molecule has 2 aliphatic carbocycles. The lowest BCUT2D eigenvalue weighted by molar-refractivity contribution is -0.133. The quantitative estimate of drug-likeness (QED) is 0.785. The van der Waals surface area contributed by atoms with Gasteiger partial charge in [-0.05, 0) is 38.0 Å². The van der Waals surface area contributed by atoms with E-state index in [-0.39, 0.29) is 42.7 Å². The number of likely N-dealkylation sites (N-methyl/N-ethyl adjacent to an activating group) is 1. The minimum Gasteiger partial charge on any atom is -0.347 e. The van der Waals surface area contributed by atoms with Gasteiger partial charge < -0.3 is 16.0 Å². The fraction of sp³-hybridized carbons (Fsp3) is 0.846. The number of nitrogens with one attached hydrogen (secondary N) is 1. The van der Waals surface area contributed by atoms with Gasteiger partial charge in [0.2, 0.25) is 11.8 Å². The third-order valence-corrected chi connectivity index (χ3v) is 4.60. The molecule has 0 aromatic carbocycles. The van der Waals surface area contributed by atoms with Crippen LogP contribution in [0.1, 0.15) is 26.2 Å². The molecule has 0 radical (unpaired) electrons. The number of amides is 2. The molecule has 4 unspecified atom stereocenters. The van der Waals surface area contributed by atoms with Crippen molar-refractivity contribution in [3.05, 3.63) is 0 Å². The van der Waals surface area contributed by atoms with Crippen LogP contribution in [0.4, 0.5) is 0 Å². The fourth-order valence-corrected chi connectivity index (χ4v) is 3.32. The van der Waals surface area contributed by atoms with Crippen LogP contribution in [0.5, 0.6) is 0 Å². The summed E-state index contributed by atoms with van der Waals surface area (Å²) < 4.78 is 0. The van der Waals surface area contributed by atoms with Gasteiger partial charge in [0.1, 0.15) is 0 Å². The molecule has 3 N–H and O–H groups in total. The largest absolute Gasteiger partial charge is 0.347 e. The van der Waals surface area contributed by atoms with Gasteiger partial charge in [-0.2, -0.15) is 0 Å². The molecule has 0 saturated heterocycles. The molecule has 5 nitrogen and oxygen atoms in total. The van der Waals surface area contributed by atoms with Crippen LogP contribution in [0.3, 0.4) is 0 Å². The highest BCUT2D eigenvalue weighted by Crippen LogP contribution is 2.47. The topological polar surface area (TPSA) is 75.4 Å². The number of carbonyl (C=O) groups is 2. The Kier molecular flexibility index (Phi) is 5.62. The molecular weight excluding hydrogens is 266 g/mol. The molecule has 0 aromatic rings. The van der Waals surface area contributed by atoms with Crippen LogP contribution in [-0.4, -0.2) is 42.9 Å². The Morgan fingerprint density at radius 1 is 1.32 bits per heavy atom. The van der Waals surface area contributed by atoms with Crippen molar-refractivity contribution in [2.45, 2.75) is 32.2 Å². The zero-order valence-electron chi connectivity index (χ0n) is 11.6. The first-order valence-electron chi connectivity index (χ1n) is 6.81. The molecule has 0 heterocycles. The van der Waals surface area contributed by atoms with Crippen LogP contribution in [0.2, 0.25) is 0 Å². The maximum atomic E-state index is 12.1. The standard InChI is InChI=1S/C13H23N3O2.ClH/c1-3-16(2)10(17)7-15-13(18)11-8-4-5-9(6-8)12(11)14;/h8-9,11-12H,3-7,14H2,1-2H3,(H,15,18);1H. The summed E-state index contributed by atoms with van der Waals surface area (Å²) in [7, 11) is 1.73. The lowest BCUT2D eigenvalue weighted by Crippen LogP contribution is -2.47. The average molecular weight is 290 g/mol. The highest BCUT2D eigenvalue weighted by atomic mass is 35.5. The number of carbonyl (C=O) groups excluding carboxylic acids is 2. The Labute approximate surface area is 120 Å². The van der Waals surface area contributed by atoms with Crippen molar-refractivity contribution in [3.8, 4) is 0 Å². The van der Waals surface area contributed by atoms with E-state index in [0.717, 1.165) is 19.3 Å². The number of nitrogens with zero attached hydrogens (tertiary/aromatic N) is 1. The second-order valence-corrected chi connectivity index (χ2v) is 5.56. The van der Waals surface area contributed by atoms with E-state index in [1.807, 2.05) is 6.92 Å². The number of hydrogen-bond acceptors (Lipinski definition) is 3. The molecule has 2 rings (SSSR count). The SMILES string of the molecule is CCN(C)C(=O)CNC(=O)C1C2CCC(C2)C1N.Cl. The first-order valence-corrected chi connectivity index (χ1v) is 6.81. The summed E-state index contributed by atoms with van der Waals surface area (Å²) in [5.41, 5.74) is 6.10. The summed E-state index contributed by atoms with van der Waals surface area (Å²) in [6, 6.07) is -0.0113. The monoisotopic (exact) mass is 289 g/mol. The second kappa shape index (κ2) is 6.57. The molecule has 2 fully saturated rings. The van der Waals surface area contributed by atoms with E-state index >= 15 is 0 Å². The van der Waals surface area contributed by atoms with Crippen molar-refractivity contribution in [3.63, 3.8) is 0 Å². The molecule has 110 valence electrons. The first kappa shape index (κ1) is 16.2. The van der Waals surface area contributed by atoms with Crippen molar-refractivity contribution in [1.82, 2.24) is 10.2 Å². The van der Waals surface area contributed by atoms with Gasteiger partial charge in [-0.1, -0.05) is 0 Å². The maximum absolute atomic E-state index is 12.1. The van der Waals surface area contributed by atoms with Crippen molar-refractivity contribution >= 4 is 24.2 Å². The Morgan fingerprint density at radius 2 is 1.95 bits per heavy atom. The fourth-order valence-electron chi connectivity index (χ4n) is 3.32. The normalized spacial score (nSPS) is 31.7. The van der Waals surface area contributed by atoms with Crippen LogP contribution in [-0.2, 0) is 9.59 Å². The molecule has 2 bridgehead atoms. The molecule has 4 atom stereocenters. The van der Waals surface area contributed by atoms with Gasteiger partial charge in [0.25, 0.3) is 0 Å². The molecule has 0 aliphatic heterocycles. The van der Waals surface area contributed by atoms with Gasteiger partial charge in [0.05, 0.1) is 12.5 Å². The summed E-state index contributed by atoms with van der Waals surface area (Å²) in [5.74, 6) is 0.780. The van der Waals surface area contributed by atoms with Crippen LogP contribution in [0.15, 0.2) is 0 Å². The van der Waals surface area contributed by atoms with Crippen LogP contribution < -0.4 is 11.1 Å². The molecule has 19 heavy (non-hydrogen) atoms. The number of nitrogens with two attached hydrogens (primary N) is 1. The summed E-state index contributed by atoms with van der Waals surface area (Å²) >= 11 is 0. The van der Waals surface area contributed by atoms with Crippen LogP contribution in [0, 0.1) is 17.8 Å². The van der Waals surface area contributed by atoms with Gasteiger partial charge in [0.15, 0.2) is 0 Å². The van der Waals surface area contributed by atoms with E-state index in [4.69, 9.17) is 5.73 Å². The molecule has 2 amide bonds. The zero-order chi connectivity index (χ0) is 13.3. The van der Waals surface area contributed by atoms with E-state index in [1.165, 1.54) is 0 Å². The van der Waals surface area contributed by atoms with Gasteiger partial charge in [0, 0.05) is 19.6 Å². The smallest absolute Gasteiger partial charge is 0.241 e. The van der Waals surface area contributed by atoms with Gasteiger partial charge in [-0.25, -0.2) is 0 Å². The Bertz CT molecular complexity index is 349. The van der Waals surface area contributed by atoms with Crippen molar-refractivity contribution in [2.75, 3.05) is 20.1 Å². The third-order valence-electron chi connectivity index (χ3n) is 4.60. The molecule has 2 aliphatic rings. The second-order valence-electron chi connectivity index (χ2n) is 5.56. The van der Waals surface area contributed by atoms with E-state index in [9.17, 15) is 9.59 Å². The van der Waals surface area contributed by atoms with Crippen LogP contribution >= 0.6 is 12.4 Å². The van der Waals surface area contributed by atoms with Gasteiger partial charge >= 0.3 is 0 Å². The molecule has 6 heteroatoms. The Hall–Kier alpha value is -0.810. The highest BCUT2D eigenvalue weighted by Gasteiger charge is 2.48. The Morgan fingerprint density at radius 3 is 2.47 bits per heavy atom. The van der Waals surface area contributed by atoms with Crippen molar-refractivity contribution in [2.24, 2.45) is 23.5 Å². The summed E-state index contributed by atoms with van der Waals surface area (Å²) in [6.07, 6.45) is 3.36. The maximum Gasteiger partial charge on any atom is 0.241 e. The summed E-state index contributed by atoms with van der Waals surface area (Å²) in [5, 5.41) is 2.74. The number of halogens is 1. The molecular formula is C13H24ClN3O2. The predicted octanol–water partition coefficient (Wildman–Crippen LogP) is 0.376. The van der Waals surface area contributed by atoms with E-state index in [2.05, 4.69) is 5.32 Å². The number of fused-ring (bicyclic) bond motifs is 2. The summed E-state index contributed by atoms with van der Waals surface area (Å²) in [4.78, 5) is 25.3. The van der Waals surface area contributed by atoms with E-state index in [0.29, 0.717) is 18.4 Å². The minimum absolute atomic E-state index is 0. The average Bonchev–Trinajstić information content (AvgIpc) is 2.95. The molecule has 0 aromatic heterocycles. The number of rotatable bonds is 4. The molecule has 2 saturated carbocycles. The molecule has 0 spiro atoms. The highest BCUT2D eigenvalue weighted by molar-refractivity contribution is 5.86. The van der Waals surface area contributed by atoms with E-state index in [1.54, 1.807) is 11.9 Å². The summed E-state index contributed by atoms with van der Waals surface area (Å²) in [6.45, 7) is 2.65. The Balaban J connectivity index is 0.00000180. The first-order chi connectivity index (χ1) is 8.54. The van der Waals surface area contributed by atoms with Crippen molar-refractivity contribution in [1.29, 1.82) is 0 Å². The van der Waals surface area contributed by atoms with Crippen LogP contribution in [0.25, 0.3) is 0 Å². The third kappa shape index (κ3) is 3.20. The predicted molar refractivity (Wildman–Crippen MR) is 75.9 cm³/mol.